The molecular weight excluding hydrogens is 206 g/mol. The van der Waals surface area contributed by atoms with Crippen molar-refractivity contribution in [2.24, 2.45) is 0 Å². The zero-order chi connectivity index (χ0) is 11.6. The van der Waals surface area contributed by atoms with E-state index in [1.807, 2.05) is 18.2 Å². The molecule has 0 aliphatic carbocycles. The molecule has 84 valence electrons. The molecule has 0 aliphatic rings. The molecule has 0 spiro atoms. The zero-order valence-corrected chi connectivity index (χ0v) is 9.03. The zero-order valence-electron chi connectivity index (χ0n) is 9.03. The lowest BCUT2D eigenvalue weighted by Gasteiger charge is -2.05. The maximum absolute atomic E-state index is 11.2. The number of nitrogens with one attached hydrogen (secondary N) is 1. The van der Waals surface area contributed by atoms with Crippen molar-refractivity contribution in [2.75, 3.05) is 18.5 Å². The molecule has 1 aromatic rings. The maximum Gasteiger partial charge on any atom is 0.411 e. The quantitative estimate of drug-likeness (QED) is 0.624. The van der Waals surface area contributed by atoms with Crippen molar-refractivity contribution >= 4 is 11.8 Å². The van der Waals surface area contributed by atoms with E-state index in [-0.39, 0.29) is 13.2 Å². The van der Waals surface area contributed by atoms with Crippen LogP contribution in [0.15, 0.2) is 30.3 Å². The van der Waals surface area contributed by atoms with Crippen LogP contribution < -0.4 is 5.32 Å². The number of hydrogen-bond donors (Lipinski definition) is 1. The van der Waals surface area contributed by atoms with Crippen molar-refractivity contribution in [2.45, 2.75) is 6.92 Å². The molecule has 0 saturated heterocycles. The van der Waals surface area contributed by atoms with Crippen molar-refractivity contribution in [1.29, 1.82) is 0 Å². The number of benzene rings is 1. The molecule has 0 heterocycles. The Hall–Kier alpha value is -2.15. The van der Waals surface area contributed by atoms with E-state index in [9.17, 15) is 4.79 Å². The first-order valence-electron chi connectivity index (χ1n) is 4.85. The van der Waals surface area contributed by atoms with Gasteiger partial charge in [-0.3, -0.25) is 5.32 Å². The van der Waals surface area contributed by atoms with Crippen LogP contribution in [-0.4, -0.2) is 19.3 Å². The second-order valence-electron chi connectivity index (χ2n) is 2.83. The molecule has 0 radical (unpaired) electrons. The third-order valence-corrected chi connectivity index (χ3v) is 1.61. The van der Waals surface area contributed by atoms with Crippen LogP contribution in [0.4, 0.5) is 10.5 Å². The van der Waals surface area contributed by atoms with E-state index >= 15 is 0 Å². The second-order valence-corrected chi connectivity index (χ2v) is 2.83. The van der Waals surface area contributed by atoms with Gasteiger partial charge in [-0.1, -0.05) is 24.1 Å². The summed E-state index contributed by atoms with van der Waals surface area (Å²) in [5, 5.41) is 2.58. The van der Waals surface area contributed by atoms with Crippen LogP contribution in [0.3, 0.4) is 0 Å². The minimum Gasteiger partial charge on any atom is -0.446 e. The summed E-state index contributed by atoms with van der Waals surface area (Å²) in [6.07, 6.45) is 1.91. The van der Waals surface area contributed by atoms with Crippen molar-refractivity contribution in [3.63, 3.8) is 0 Å². The van der Waals surface area contributed by atoms with Crippen molar-refractivity contribution in [3.8, 4) is 12.0 Å². The number of rotatable bonds is 4. The molecule has 0 fully saturated rings. The van der Waals surface area contributed by atoms with E-state index in [4.69, 9.17) is 9.47 Å². The smallest absolute Gasteiger partial charge is 0.411 e. The molecule has 0 saturated carbocycles. The molecule has 4 heteroatoms. The average Bonchev–Trinajstić information content (AvgIpc) is 2.30. The van der Waals surface area contributed by atoms with Gasteiger partial charge in [0.15, 0.2) is 0 Å². The Bertz CT molecular complexity index is 378. The van der Waals surface area contributed by atoms with Crippen LogP contribution >= 0.6 is 0 Å². The SMILES string of the molecule is CC#COCCOC(=O)Nc1ccccc1. The summed E-state index contributed by atoms with van der Waals surface area (Å²) in [4.78, 5) is 11.2. The lowest BCUT2D eigenvalue weighted by atomic mass is 10.3. The highest BCUT2D eigenvalue weighted by atomic mass is 16.6. The van der Waals surface area contributed by atoms with Gasteiger partial charge in [0.2, 0.25) is 0 Å². The standard InChI is InChI=1S/C12H13NO3/c1-2-8-15-9-10-16-12(14)13-11-6-4-3-5-7-11/h3-7H,9-10H2,1H3,(H,13,14). The summed E-state index contributed by atoms with van der Waals surface area (Å²) in [5.74, 6) is 2.57. The number of anilines is 1. The topological polar surface area (TPSA) is 47.6 Å². The Labute approximate surface area is 94.6 Å². The highest BCUT2D eigenvalue weighted by molar-refractivity contribution is 5.84. The van der Waals surface area contributed by atoms with Crippen molar-refractivity contribution < 1.29 is 14.3 Å². The summed E-state index contributed by atoms with van der Waals surface area (Å²) >= 11 is 0. The molecule has 0 aromatic heterocycles. The molecule has 1 aromatic carbocycles. The van der Waals surface area contributed by atoms with Gasteiger partial charge in [0, 0.05) is 12.6 Å². The first-order valence-corrected chi connectivity index (χ1v) is 4.85. The fourth-order valence-electron chi connectivity index (χ4n) is 0.975. The molecule has 0 bridgehead atoms. The van der Waals surface area contributed by atoms with Gasteiger partial charge in [0.25, 0.3) is 0 Å². The lowest BCUT2D eigenvalue weighted by molar-refractivity contribution is 0.129. The fraction of sp³-hybridized carbons (Fsp3) is 0.250. The minimum atomic E-state index is -0.501. The van der Waals surface area contributed by atoms with Gasteiger partial charge in [-0.25, -0.2) is 4.79 Å². The van der Waals surface area contributed by atoms with Crippen LogP contribution in [0.25, 0.3) is 0 Å². The van der Waals surface area contributed by atoms with Gasteiger partial charge in [-0.2, -0.15) is 0 Å². The predicted octanol–water partition coefficient (Wildman–Crippen LogP) is 2.23. The van der Waals surface area contributed by atoms with Gasteiger partial charge in [-0.05, 0) is 12.1 Å². The highest BCUT2D eigenvalue weighted by Gasteiger charge is 2.01. The summed E-state index contributed by atoms with van der Waals surface area (Å²) in [6, 6.07) is 9.08. The van der Waals surface area contributed by atoms with E-state index in [0.717, 1.165) is 0 Å². The molecule has 1 rings (SSSR count). The van der Waals surface area contributed by atoms with E-state index in [0.29, 0.717) is 5.69 Å². The van der Waals surface area contributed by atoms with Crippen molar-refractivity contribution in [1.82, 2.24) is 0 Å². The summed E-state index contributed by atoms with van der Waals surface area (Å²) in [5.41, 5.74) is 0.696. The molecule has 4 nitrogen and oxygen atoms in total. The fourth-order valence-corrected chi connectivity index (χ4v) is 0.975. The van der Waals surface area contributed by atoms with E-state index in [2.05, 4.69) is 17.3 Å². The number of ether oxygens (including phenoxy) is 2. The predicted molar refractivity (Wildman–Crippen MR) is 60.8 cm³/mol. The molecule has 0 aliphatic heterocycles. The number of hydrogen-bond acceptors (Lipinski definition) is 3. The van der Waals surface area contributed by atoms with E-state index in [1.165, 1.54) is 0 Å². The largest absolute Gasteiger partial charge is 0.446 e. The van der Waals surface area contributed by atoms with Gasteiger partial charge in [0.1, 0.15) is 19.3 Å². The highest BCUT2D eigenvalue weighted by Crippen LogP contribution is 2.04. The van der Waals surface area contributed by atoms with E-state index < -0.39 is 6.09 Å². The Balaban J connectivity index is 2.18. The minimum absolute atomic E-state index is 0.174. The number of carbonyl (C=O) groups is 1. The number of para-hydroxylation sites is 1. The average molecular weight is 219 g/mol. The summed E-state index contributed by atoms with van der Waals surface area (Å²) in [6.45, 7) is 2.11. The molecule has 16 heavy (non-hydrogen) atoms. The lowest BCUT2D eigenvalue weighted by Crippen LogP contribution is -2.16. The molecular formula is C12H13NO3. The van der Waals surface area contributed by atoms with Gasteiger partial charge < -0.3 is 9.47 Å². The van der Waals surface area contributed by atoms with Crippen LogP contribution in [0.2, 0.25) is 0 Å². The first kappa shape index (κ1) is 11.9. The van der Waals surface area contributed by atoms with Gasteiger partial charge in [0.05, 0.1) is 0 Å². The van der Waals surface area contributed by atoms with Crippen LogP contribution in [0.1, 0.15) is 6.92 Å². The van der Waals surface area contributed by atoms with Crippen molar-refractivity contribution in [3.05, 3.63) is 30.3 Å². The van der Waals surface area contributed by atoms with Crippen LogP contribution in [0.5, 0.6) is 0 Å². The van der Waals surface area contributed by atoms with Crippen LogP contribution in [-0.2, 0) is 9.47 Å². The third kappa shape index (κ3) is 4.91. The molecule has 1 amide bonds. The Morgan fingerprint density at radius 2 is 2.06 bits per heavy atom. The first-order chi connectivity index (χ1) is 7.83. The van der Waals surface area contributed by atoms with Crippen LogP contribution in [0, 0.1) is 12.0 Å². The maximum atomic E-state index is 11.2. The number of carbonyl (C=O) groups excluding carboxylic acids is 1. The Morgan fingerprint density at radius 1 is 1.31 bits per heavy atom. The second kappa shape index (κ2) is 7.18. The summed E-state index contributed by atoms with van der Waals surface area (Å²) in [7, 11) is 0. The summed E-state index contributed by atoms with van der Waals surface area (Å²) < 4.78 is 9.67. The molecule has 0 atom stereocenters. The van der Waals surface area contributed by atoms with E-state index in [1.54, 1.807) is 19.1 Å². The Morgan fingerprint density at radius 3 is 2.75 bits per heavy atom. The molecule has 0 unspecified atom stereocenters. The van der Waals surface area contributed by atoms with Gasteiger partial charge >= 0.3 is 6.09 Å². The normalized spacial score (nSPS) is 8.56. The Kier molecular flexibility index (Phi) is 5.35. The third-order valence-electron chi connectivity index (χ3n) is 1.61. The number of amides is 1. The monoisotopic (exact) mass is 219 g/mol. The van der Waals surface area contributed by atoms with Gasteiger partial charge in [-0.15, -0.1) is 0 Å². The molecule has 1 N–H and O–H groups in total.